The minimum atomic E-state index is -0.723. The number of carbonyl (C=O) groups excluding carboxylic acids is 1. The van der Waals surface area contributed by atoms with Crippen LogP contribution in [-0.2, 0) is 4.79 Å². The van der Waals surface area contributed by atoms with Gasteiger partial charge in [0.25, 0.3) is 0 Å². The maximum atomic E-state index is 11.0. The maximum absolute atomic E-state index is 11.0. The van der Waals surface area contributed by atoms with E-state index in [1.165, 1.54) is 0 Å². The predicted octanol–water partition coefficient (Wildman–Crippen LogP) is 1.45. The summed E-state index contributed by atoms with van der Waals surface area (Å²) < 4.78 is 0. The predicted molar refractivity (Wildman–Crippen MR) is 60.8 cm³/mol. The summed E-state index contributed by atoms with van der Waals surface area (Å²) in [6.45, 7) is 8.89. The van der Waals surface area contributed by atoms with E-state index in [4.69, 9.17) is 0 Å². The van der Waals surface area contributed by atoms with Crippen molar-refractivity contribution in [3.63, 3.8) is 0 Å². The van der Waals surface area contributed by atoms with E-state index in [0.29, 0.717) is 12.3 Å². The molecule has 0 atom stereocenters. The minimum Gasteiger partial charge on any atom is -0.389 e. The van der Waals surface area contributed by atoms with Crippen molar-refractivity contribution < 1.29 is 9.90 Å². The largest absolute Gasteiger partial charge is 0.389 e. The van der Waals surface area contributed by atoms with Crippen LogP contribution in [0.25, 0.3) is 0 Å². The molecule has 0 spiro atoms. The van der Waals surface area contributed by atoms with Gasteiger partial charge in [0.15, 0.2) is 0 Å². The van der Waals surface area contributed by atoms with E-state index >= 15 is 0 Å². The quantitative estimate of drug-likeness (QED) is 0.768. The molecule has 1 rings (SSSR count). The fourth-order valence-electron chi connectivity index (χ4n) is 2.31. The first-order valence-corrected chi connectivity index (χ1v) is 5.85. The topological polar surface area (TPSA) is 40.5 Å². The SMILES string of the molecule is CC(=O)CC1(O)CCN(CC(C)C)CC1. The normalized spacial score (nSPS) is 21.9. The highest BCUT2D eigenvalue weighted by Gasteiger charge is 2.33. The van der Waals surface area contributed by atoms with Gasteiger partial charge in [-0.1, -0.05) is 13.8 Å². The molecule has 0 radical (unpaired) electrons. The molecule has 0 aromatic carbocycles. The van der Waals surface area contributed by atoms with Crippen LogP contribution in [0.5, 0.6) is 0 Å². The number of nitrogens with zero attached hydrogens (tertiary/aromatic N) is 1. The summed E-state index contributed by atoms with van der Waals surface area (Å²) >= 11 is 0. The highest BCUT2D eigenvalue weighted by atomic mass is 16.3. The Hall–Kier alpha value is -0.410. The van der Waals surface area contributed by atoms with E-state index in [-0.39, 0.29) is 5.78 Å². The van der Waals surface area contributed by atoms with E-state index in [2.05, 4.69) is 18.7 Å². The van der Waals surface area contributed by atoms with Crippen LogP contribution in [0.2, 0.25) is 0 Å². The lowest BCUT2D eigenvalue weighted by Crippen LogP contribution is -2.46. The fraction of sp³-hybridized carbons (Fsp3) is 0.917. The summed E-state index contributed by atoms with van der Waals surface area (Å²) in [6.07, 6.45) is 1.79. The number of piperidine rings is 1. The van der Waals surface area contributed by atoms with Gasteiger partial charge < -0.3 is 10.0 Å². The Morgan fingerprint density at radius 3 is 2.33 bits per heavy atom. The molecule has 1 aliphatic rings. The number of aliphatic hydroxyl groups is 1. The zero-order valence-corrected chi connectivity index (χ0v) is 10.1. The van der Waals surface area contributed by atoms with Crippen molar-refractivity contribution in [1.82, 2.24) is 4.90 Å². The third-order valence-electron chi connectivity index (χ3n) is 2.99. The van der Waals surface area contributed by atoms with Crippen molar-refractivity contribution in [3.8, 4) is 0 Å². The number of carbonyl (C=O) groups is 1. The van der Waals surface area contributed by atoms with Gasteiger partial charge in [-0.2, -0.15) is 0 Å². The molecule has 0 aromatic heterocycles. The van der Waals surface area contributed by atoms with Crippen LogP contribution in [0.3, 0.4) is 0 Å². The zero-order valence-electron chi connectivity index (χ0n) is 10.1. The number of ketones is 1. The van der Waals surface area contributed by atoms with Crippen LogP contribution in [0.15, 0.2) is 0 Å². The monoisotopic (exact) mass is 213 g/mol. The van der Waals surface area contributed by atoms with Gasteiger partial charge in [-0.3, -0.25) is 4.79 Å². The second kappa shape index (κ2) is 5.08. The van der Waals surface area contributed by atoms with Crippen LogP contribution >= 0.6 is 0 Å². The van der Waals surface area contributed by atoms with Gasteiger partial charge >= 0.3 is 0 Å². The molecule has 1 heterocycles. The molecule has 0 aromatic rings. The summed E-state index contributed by atoms with van der Waals surface area (Å²) in [5.74, 6) is 0.763. The van der Waals surface area contributed by atoms with Gasteiger partial charge in [-0.05, 0) is 25.7 Å². The van der Waals surface area contributed by atoms with Crippen molar-refractivity contribution in [2.75, 3.05) is 19.6 Å². The molecule has 1 fully saturated rings. The molecule has 3 heteroatoms. The van der Waals surface area contributed by atoms with Crippen LogP contribution in [0, 0.1) is 5.92 Å². The van der Waals surface area contributed by atoms with Crippen LogP contribution in [-0.4, -0.2) is 41.0 Å². The number of rotatable bonds is 4. The number of likely N-dealkylation sites (tertiary alicyclic amines) is 1. The van der Waals surface area contributed by atoms with Crippen LogP contribution in [0.4, 0.5) is 0 Å². The van der Waals surface area contributed by atoms with Gasteiger partial charge in [-0.15, -0.1) is 0 Å². The second-order valence-electron chi connectivity index (χ2n) is 5.30. The summed E-state index contributed by atoms with van der Waals surface area (Å²) in [5, 5.41) is 10.1. The minimum absolute atomic E-state index is 0.0924. The Morgan fingerprint density at radius 2 is 1.93 bits per heavy atom. The van der Waals surface area contributed by atoms with Crippen molar-refractivity contribution in [3.05, 3.63) is 0 Å². The third kappa shape index (κ3) is 4.31. The van der Waals surface area contributed by atoms with Crippen molar-refractivity contribution >= 4 is 5.78 Å². The summed E-state index contributed by atoms with van der Waals surface area (Å²) in [7, 11) is 0. The van der Waals surface area contributed by atoms with Crippen LogP contribution in [0.1, 0.15) is 40.0 Å². The first-order chi connectivity index (χ1) is 6.91. The van der Waals surface area contributed by atoms with Crippen molar-refractivity contribution in [2.24, 2.45) is 5.92 Å². The van der Waals surface area contributed by atoms with E-state index < -0.39 is 5.60 Å². The van der Waals surface area contributed by atoms with Crippen molar-refractivity contribution in [1.29, 1.82) is 0 Å². The van der Waals surface area contributed by atoms with E-state index in [0.717, 1.165) is 32.5 Å². The second-order valence-corrected chi connectivity index (χ2v) is 5.30. The van der Waals surface area contributed by atoms with Gasteiger partial charge in [-0.25, -0.2) is 0 Å². The van der Waals surface area contributed by atoms with Crippen LogP contribution < -0.4 is 0 Å². The number of hydrogen-bond donors (Lipinski definition) is 1. The molecule has 1 aliphatic heterocycles. The van der Waals surface area contributed by atoms with Gasteiger partial charge in [0.2, 0.25) is 0 Å². The smallest absolute Gasteiger partial charge is 0.132 e. The number of Topliss-reactive ketones (excluding diaryl/α,β-unsaturated/α-hetero) is 1. The molecule has 0 unspecified atom stereocenters. The summed E-state index contributed by atoms with van der Waals surface area (Å²) in [4.78, 5) is 13.4. The molecule has 88 valence electrons. The highest BCUT2D eigenvalue weighted by molar-refractivity contribution is 5.76. The van der Waals surface area contributed by atoms with Gasteiger partial charge in [0.1, 0.15) is 5.78 Å². The Balaban J connectivity index is 2.37. The van der Waals surface area contributed by atoms with Crippen molar-refractivity contribution in [2.45, 2.75) is 45.6 Å². The molecular formula is C12H23NO2. The molecule has 0 saturated carbocycles. The Morgan fingerprint density at radius 1 is 1.40 bits per heavy atom. The van der Waals surface area contributed by atoms with E-state index in [1.54, 1.807) is 6.92 Å². The molecule has 1 saturated heterocycles. The molecule has 15 heavy (non-hydrogen) atoms. The highest BCUT2D eigenvalue weighted by Crippen LogP contribution is 2.26. The Labute approximate surface area is 92.5 Å². The lowest BCUT2D eigenvalue weighted by molar-refractivity contribution is -0.124. The number of hydrogen-bond acceptors (Lipinski definition) is 3. The van der Waals surface area contributed by atoms with E-state index in [1.807, 2.05) is 0 Å². The molecule has 3 nitrogen and oxygen atoms in total. The first kappa shape index (κ1) is 12.7. The van der Waals surface area contributed by atoms with Gasteiger partial charge in [0, 0.05) is 26.1 Å². The zero-order chi connectivity index (χ0) is 11.5. The lowest BCUT2D eigenvalue weighted by atomic mass is 9.86. The van der Waals surface area contributed by atoms with E-state index in [9.17, 15) is 9.90 Å². The molecule has 0 amide bonds. The lowest BCUT2D eigenvalue weighted by Gasteiger charge is -2.38. The molecule has 0 bridgehead atoms. The summed E-state index contributed by atoms with van der Waals surface area (Å²) in [6, 6.07) is 0. The third-order valence-corrected chi connectivity index (χ3v) is 2.99. The fourth-order valence-corrected chi connectivity index (χ4v) is 2.31. The Kier molecular flexibility index (Phi) is 4.29. The average Bonchev–Trinajstić information content (AvgIpc) is 2.07. The molecule has 0 aliphatic carbocycles. The first-order valence-electron chi connectivity index (χ1n) is 5.85. The molecular weight excluding hydrogens is 190 g/mol. The Bertz CT molecular complexity index is 218. The maximum Gasteiger partial charge on any atom is 0.132 e. The van der Waals surface area contributed by atoms with Gasteiger partial charge in [0.05, 0.1) is 5.60 Å². The summed E-state index contributed by atoms with van der Waals surface area (Å²) in [5.41, 5.74) is -0.723. The average molecular weight is 213 g/mol. The molecule has 1 N–H and O–H groups in total. The standard InChI is InChI=1S/C12H23NO2/c1-10(2)9-13-6-4-12(15,5-7-13)8-11(3)14/h10,15H,4-9H2,1-3H3.